The van der Waals surface area contributed by atoms with Gasteiger partial charge in [-0.15, -0.1) is 0 Å². The van der Waals surface area contributed by atoms with Crippen LogP contribution in [-0.4, -0.2) is 33.6 Å². The minimum absolute atomic E-state index is 0.268. The van der Waals surface area contributed by atoms with E-state index < -0.39 is 0 Å². The van der Waals surface area contributed by atoms with Crippen molar-refractivity contribution in [1.82, 2.24) is 0 Å². The Kier molecular flexibility index (Phi) is 4.88. The summed E-state index contributed by atoms with van der Waals surface area (Å²) in [4.78, 5) is 0. The summed E-state index contributed by atoms with van der Waals surface area (Å²) in [5.41, 5.74) is 1.07. The summed E-state index contributed by atoms with van der Waals surface area (Å²) in [5.74, 6) is 2.48. The maximum Gasteiger partial charge on any atom is 0.174 e. The number of nitrogens with zero attached hydrogens (tertiary/aromatic N) is 1. The molecule has 0 aliphatic carbocycles. The Labute approximate surface area is 150 Å². The molecule has 2 aromatic carbocycles. The molecule has 1 heterocycles. The number of hydrogen-bond acceptors (Lipinski definition) is 7. The molecule has 0 unspecified atom stereocenters. The maximum atomic E-state index is 9.57. The van der Waals surface area contributed by atoms with Gasteiger partial charge in [0.15, 0.2) is 11.5 Å². The molecule has 1 aromatic heterocycles. The van der Waals surface area contributed by atoms with Crippen LogP contribution >= 0.6 is 0 Å². The smallest absolute Gasteiger partial charge is 0.174 e. The molecule has 0 aliphatic heterocycles. The zero-order valence-corrected chi connectivity index (χ0v) is 14.9. The molecule has 0 saturated carbocycles. The van der Waals surface area contributed by atoms with Crippen LogP contribution in [0.25, 0.3) is 22.3 Å². The first kappa shape index (κ1) is 17.5. The van der Waals surface area contributed by atoms with Gasteiger partial charge in [-0.3, -0.25) is 0 Å². The lowest BCUT2D eigenvalue weighted by molar-refractivity contribution is 0.302. The van der Waals surface area contributed by atoms with E-state index in [0.29, 0.717) is 45.3 Å². The number of ether oxygens (including phenoxy) is 4. The van der Waals surface area contributed by atoms with Gasteiger partial charge < -0.3 is 28.6 Å². The highest BCUT2D eigenvalue weighted by Crippen LogP contribution is 2.40. The number of fused-ring (bicyclic) bond motifs is 1. The standard InChI is InChI=1S/C19H19NO6/c1-22-12-6-5-7-13(23-2)18(12)16-10-11(20-21)17-14(26-16)8-9-15(24-3)19(17)25-4/h5-10,21H,1-4H3. The highest BCUT2D eigenvalue weighted by Gasteiger charge is 2.19. The van der Waals surface area contributed by atoms with Gasteiger partial charge in [-0.25, -0.2) is 0 Å². The summed E-state index contributed by atoms with van der Waals surface area (Å²) in [6.45, 7) is 0. The predicted octanol–water partition coefficient (Wildman–Crippen LogP) is 3.42. The Balaban J connectivity index is 2.39. The SMILES string of the molecule is COc1cccc(OC)c1-c1cc(=NO)c2c(OC)c(OC)ccc2o1. The largest absolute Gasteiger partial charge is 0.496 e. The molecule has 3 rings (SSSR count). The van der Waals surface area contributed by atoms with Crippen molar-refractivity contribution in [3.8, 4) is 34.3 Å². The quantitative estimate of drug-likeness (QED) is 0.556. The lowest BCUT2D eigenvalue weighted by Crippen LogP contribution is -2.07. The molecule has 0 spiro atoms. The van der Waals surface area contributed by atoms with Gasteiger partial charge in [0, 0.05) is 6.07 Å². The fraction of sp³-hybridized carbons (Fsp3) is 0.211. The van der Waals surface area contributed by atoms with Crippen molar-refractivity contribution in [2.24, 2.45) is 5.16 Å². The summed E-state index contributed by atoms with van der Waals surface area (Å²) in [6, 6.07) is 10.4. The van der Waals surface area contributed by atoms with Crippen LogP contribution in [0.5, 0.6) is 23.0 Å². The van der Waals surface area contributed by atoms with Gasteiger partial charge in [0.05, 0.1) is 33.8 Å². The first-order valence-electron chi connectivity index (χ1n) is 7.76. The monoisotopic (exact) mass is 357 g/mol. The van der Waals surface area contributed by atoms with Gasteiger partial charge >= 0.3 is 0 Å². The van der Waals surface area contributed by atoms with Crippen LogP contribution in [0.3, 0.4) is 0 Å². The van der Waals surface area contributed by atoms with Gasteiger partial charge in [0.2, 0.25) is 0 Å². The van der Waals surface area contributed by atoms with Crippen LogP contribution in [0.2, 0.25) is 0 Å². The van der Waals surface area contributed by atoms with Crippen LogP contribution in [0.1, 0.15) is 0 Å². The molecule has 0 fully saturated rings. The minimum atomic E-state index is 0.268. The lowest BCUT2D eigenvalue weighted by atomic mass is 10.1. The third-order valence-electron chi connectivity index (χ3n) is 4.03. The molecule has 3 aromatic rings. The Bertz CT molecular complexity index is 987. The van der Waals surface area contributed by atoms with Crippen molar-refractivity contribution in [1.29, 1.82) is 0 Å². The van der Waals surface area contributed by atoms with Crippen LogP contribution in [0.15, 0.2) is 46.0 Å². The van der Waals surface area contributed by atoms with Crippen molar-refractivity contribution >= 4 is 11.0 Å². The number of hydrogen-bond donors (Lipinski definition) is 1. The summed E-state index contributed by atoms with van der Waals surface area (Å²) in [7, 11) is 6.16. The molecular weight excluding hydrogens is 338 g/mol. The van der Waals surface area contributed by atoms with E-state index in [4.69, 9.17) is 23.4 Å². The second-order valence-electron chi connectivity index (χ2n) is 5.31. The summed E-state index contributed by atoms with van der Waals surface area (Å²) < 4.78 is 27.6. The maximum absolute atomic E-state index is 9.57. The fourth-order valence-corrected chi connectivity index (χ4v) is 2.88. The van der Waals surface area contributed by atoms with E-state index in [1.165, 1.54) is 14.2 Å². The van der Waals surface area contributed by atoms with Crippen molar-refractivity contribution < 1.29 is 28.6 Å². The molecule has 136 valence electrons. The van der Waals surface area contributed by atoms with E-state index in [-0.39, 0.29) is 5.36 Å². The molecule has 0 aliphatic rings. The van der Waals surface area contributed by atoms with Crippen molar-refractivity contribution in [3.63, 3.8) is 0 Å². The second kappa shape index (κ2) is 7.26. The molecular formula is C19H19NO6. The van der Waals surface area contributed by atoms with Crippen molar-refractivity contribution in [2.45, 2.75) is 0 Å². The van der Waals surface area contributed by atoms with Gasteiger partial charge in [-0.1, -0.05) is 11.2 Å². The third kappa shape index (κ3) is 2.77. The van der Waals surface area contributed by atoms with E-state index in [1.807, 2.05) is 6.07 Å². The molecule has 0 bridgehead atoms. The van der Waals surface area contributed by atoms with Crippen molar-refractivity contribution in [2.75, 3.05) is 28.4 Å². The second-order valence-corrected chi connectivity index (χ2v) is 5.31. The predicted molar refractivity (Wildman–Crippen MR) is 95.2 cm³/mol. The molecule has 7 nitrogen and oxygen atoms in total. The highest BCUT2D eigenvalue weighted by molar-refractivity contribution is 5.88. The Hall–Kier alpha value is -3.35. The Morgan fingerprint density at radius 3 is 2.04 bits per heavy atom. The van der Waals surface area contributed by atoms with Gasteiger partial charge in [-0.05, 0) is 24.3 Å². The van der Waals surface area contributed by atoms with E-state index >= 15 is 0 Å². The van der Waals surface area contributed by atoms with Crippen molar-refractivity contribution in [3.05, 3.63) is 41.8 Å². The van der Waals surface area contributed by atoms with E-state index in [1.54, 1.807) is 44.6 Å². The Morgan fingerprint density at radius 2 is 1.50 bits per heavy atom. The van der Waals surface area contributed by atoms with Crippen LogP contribution in [0, 0.1) is 0 Å². The van der Waals surface area contributed by atoms with Crippen LogP contribution in [0.4, 0.5) is 0 Å². The molecule has 0 atom stereocenters. The molecule has 26 heavy (non-hydrogen) atoms. The molecule has 1 N–H and O–H groups in total. The van der Waals surface area contributed by atoms with Crippen LogP contribution in [-0.2, 0) is 0 Å². The summed E-state index contributed by atoms with van der Waals surface area (Å²) in [5, 5.41) is 13.7. The highest BCUT2D eigenvalue weighted by atomic mass is 16.5. The number of methoxy groups -OCH3 is 4. The van der Waals surface area contributed by atoms with Gasteiger partial charge in [0.25, 0.3) is 0 Å². The summed E-state index contributed by atoms with van der Waals surface area (Å²) >= 11 is 0. The molecule has 0 saturated heterocycles. The Morgan fingerprint density at radius 1 is 0.846 bits per heavy atom. The average molecular weight is 357 g/mol. The molecule has 0 amide bonds. The van der Waals surface area contributed by atoms with E-state index in [2.05, 4.69) is 5.16 Å². The van der Waals surface area contributed by atoms with Gasteiger partial charge in [0.1, 0.15) is 33.8 Å². The number of benzene rings is 2. The molecule has 0 radical (unpaired) electrons. The zero-order chi connectivity index (χ0) is 18.7. The van der Waals surface area contributed by atoms with E-state index in [9.17, 15) is 5.21 Å². The number of rotatable bonds is 5. The average Bonchev–Trinajstić information content (AvgIpc) is 2.70. The first-order chi connectivity index (χ1) is 12.7. The normalized spacial score (nSPS) is 11.5. The lowest BCUT2D eigenvalue weighted by Gasteiger charge is -2.14. The zero-order valence-electron chi connectivity index (χ0n) is 14.9. The third-order valence-corrected chi connectivity index (χ3v) is 4.03. The van der Waals surface area contributed by atoms with Crippen LogP contribution < -0.4 is 24.3 Å². The summed E-state index contributed by atoms with van der Waals surface area (Å²) in [6.07, 6.45) is 0. The minimum Gasteiger partial charge on any atom is -0.496 e. The molecule has 7 heteroatoms. The topological polar surface area (TPSA) is 82.7 Å². The fourth-order valence-electron chi connectivity index (χ4n) is 2.88. The first-order valence-corrected chi connectivity index (χ1v) is 7.76. The van der Waals surface area contributed by atoms with Gasteiger partial charge in [-0.2, -0.15) is 0 Å². The van der Waals surface area contributed by atoms with E-state index in [0.717, 1.165) is 0 Å².